The molecule has 1 rings (SSSR count). The van der Waals surface area contributed by atoms with E-state index in [1.807, 2.05) is 0 Å². The van der Waals surface area contributed by atoms with E-state index >= 15 is 0 Å². The molecule has 4 atom stereocenters. The van der Waals surface area contributed by atoms with Crippen molar-refractivity contribution in [1.82, 2.24) is 0 Å². The largest absolute Gasteiger partial charge is 0.119 e. The van der Waals surface area contributed by atoms with Crippen molar-refractivity contribution in [3.8, 4) is 0 Å². The molecule has 0 aromatic rings. The predicted molar refractivity (Wildman–Crippen MR) is 47.7 cm³/mol. The molecule has 0 heterocycles. The van der Waals surface area contributed by atoms with Gasteiger partial charge in [0.25, 0.3) is 0 Å². The van der Waals surface area contributed by atoms with Crippen molar-refractivity contribution < 1.29 is 0 Å². The summed E-state index contributed by atoms with van der Waals surface area (Å²) in [4.78, 5) is 0. The highest BCUT2D eigenvalue weighted by molar-refractivity contribution is 6.39. The van der Waals surface area contributed by atoms with Gasteiger partial charge in [-0.1, -0.05) is 12.2 Å². The molecule has 0 saturated carbocycles. The third-order valence-corrected chi connectivity index (χ3v) is 3.70. The van der Waals surface area contributed by atoms with Gasteiger partial charge in [0.05, 0.1) is 21.5 Å². The van der Waals surface area contributed by atoms with Crippen molar-refractivity contribution in [2.45, 2.75) is 21.5 Å². The van der Waals surface area contributed by atoms with Crippen LogP contribution in [0.4, 0.5) is 0 Å². The summed E-state index contributed by atoms with van der Waals surface area (Å²) in [6.45, 7) is 0. The third-order valence-electron chi connectivity index (χ3n) is 1.39. The Kier molecular flexibility index (Phi) is 3.18. The van der Waals surface area contributed by atoms with Crippen LogP contribution in [0.25, 0.3) is 0 Å². The van der Waals surface area contributed by atoms with Crippen molar-refractivity contribution in [3.63, 3.8) is 0 Å². The average Bonchev–Trinajstić information content (AvgIpc) is 1.93. The maximum Gasteiger partial charge on any atom is 0.0716 e. The van der Waals surface area contributed by atoms with Crippen molar-refractivity contribution in [1.29, 1.82) is 0 Å². The number of rotatable bonds is 0. The Morgan fingerprint density at radius 3 is 1.30 bits per heavy atom. The van der Waals surface area contributed by atoms with Crippen LogP contribution in [0.5, 0.6) is 0 Å². The van der Waals surface area contributed by atoms with E-state index in [1.54, 1.807) is 12.2 Å². The first-order valence-electron chi connectivity index (χ1n) is 2.87. The van der Waals surface area contributed by atoms with Crippen LogP contribution in [-0.2, 0) is 0 Å². The first-order chi connectivity index (χ1) is 4.63. The van der Waals surface area contributed by atoms with Crippen LogP contribution in [0.3, 0.4) is 0 Å². The molecule has 1 aliphatic carbocycles. The van der Waals surface area contributed by atoms with Crippen molar-refractivity contribution in [2.24, 2.45) is 0 Å². The molecule has 0 fully saturated rings. The molecule has 0 aromatic heterocycles. The molecule has 0 nitrogen and oxygen atoms in total. The first-order valence-corrected chi connectivity index (χ1v) is 4.62. The average molecular weight is 220 g/mol. The van der Waals surface area contributed by atoms with Gasteiger partial charge in [0, 0.05) is 0 Å². The van der Waals surface area contributed by atoms with Gasteiger partial charge in [0.2, 0.25) is 0 Å². The molecule has 0 spiro atoms. The molecule has 0 N–H and O–H groups in total. The molecule has 10 heavy (non-hydrogen) atoms. The number of alkyl halides is 4. The fourth-order valence-corrected chi connectivity index (χ4v) is 1.89. The molecular formula is C6H6Cl4. The normalized spacial score (nSPS) is 47.6. The summed E-state index contributed by atoms with van der Waals surface area (Å²) < 4.78 is 0. The summed E-state index contributed by atoms with van der Waals surface area (Å²) in [7, 11) is 0. The van der Waals surface area contributed by atoms with Crippen molar-refractivity contribution in [3.05, 3.63) is 12.2 Å². The summed E-state index contributed by atoms with van der Waals surface area (Å²) in [5.41, 5.74) is 0. The predicted octanol–water partition coefficient (Wildman–Crippen LogP) is 2.99. The second-order valence-corrected chi connectivity index (χ2v) is 4.18. The van der Waals surface area contributed by atoms with Gasteiger partial charge in [0.15, 0.2) is 0 Å². The highest BCUT2D eigenvalue weighted by Gasteiger charge is 2.31. The van der Waals surface area contributed by atoms with E-state index in [0.29, 0.717) is 0 Å². The second-order valence-electron chi connectivity index (χ2n) is 2.16. The zero-order valence-corrected chi connectivity index (χ0v) is 8.00. The van der Waals surface area contributed by atoms with Crippen LogP contribution in [0, 0.1) is 0 Å². The highest BCUT2D eigenvalue weighted by atomic mass is 35.5. The zero-order chi connectivity index (χ0) is 7.72. The van der Waals surface area contributed by atoms with Gasteiger partial charge in [-0.2, -0.15) is 0 Å². The minimum atomic E-state index is -0.268. The number of hydrogen-bond acceptors (Lipinski definition) is 0. The van der Waals surface area contributed by atoms with Crippen molar-refractivity contribution in [2.75, 3.05) is 0 Å². The van der Waals surface area contributed by atoms with Crippen LogP contribution in [0.1, 0.15) is 0 Å². The molecule has 58 valence electrons. The number of halogens is 4. The van der Waals surface area contributed by atoms with E-state index in [4.69, 9.17) is 46.4 Å². The highest BCUT2D eigenvalue weighted by Crippen LogP contribution is 2.29. The summed E-state index contributed by atoms with van der Waals surface area (Å²) in [6.07, 6.45) is 3.55. The lowest BCUT2D eigenvalue weighted by Crippen LogP contribution is -2.34. The van der Waals surface area contributed by atoms with Gasteiger partial charge in [0.1, 0.15) is 0 Å². The molecule has 0 bridgehead atoms. The van der Waals surface area contributed by atoms with Crippen LogP contribution in [0.2, 0.25) is 0 Å². The summed E-state index contributed by atoms with van der Waals surface area (Å²) in [5, 5.41) is -0.926. The summed E-state index contributed by atoms with van der Waals surface area (Å²) in [6, 6.07) is 0. The molecule has 0 aliphatic heterocycles. The fourth-order valence-electron chi connectivity index (χ4n) is 0.776. The first kappa shape index (κ1) is 8.99. The molecular weight excluding hydrogens is 214 g/mol. The van der Waals surface area contributed by atoms with Crippen LogP contribution in [0.15, 0.2) is 12.2 Å². The van der Waals surface area contributed by atoms with Crippen LogP contribution >= 0.6 is 46.4 Å². The standard InChI is InChI=1S/C6H6Cl4/c7-3-1-2-4(8)6(10)5(3)9/h1-6H/t3-,4-,5-,6-/m1/s1. The Morgan fingerprint density at radius 2 is 1.00 bits per heavy atom. The quantitative estimate of drug-likeness (QED) is 0.434. The molecule has 4 heteroatoms. The topological polar surface area (TPSA) is 0 Å². The maximum atomic E-state index is 5.81. The Morgan fingerprint density at radius 1 is 0.700 bits per heavy atom. The van der Waals surface area contributed by atoms with Gasteiger partial charge >= 0.3 is 0 Å². The fraction of sp³-hybridized carbons (Fsp3) is 0.667. The molecule has 0 unspecified atom stereocenters. The van der Waals surface area contributed by atoms with Crippen molar-refractivity contribution >= 4 is 46.4 Å². The Labute approximate surface area is 80.1 Å². The monoisotopic (exact) mass is 218 g/mol. The van der Waals surface area contributed by atoms with E-state index in [2.05, 4.69) is 0 Å². The number of allylic oxidation sites excluding steroid dienone is 2. The zero-order valence-electron chi connectivity index (χ0n) is 4.98. The van der Waals surface area contributed by atoms with Gasteiger partial charge in [-0.25, -0.2) is 0 Å². The van der Waals surface area contributed by atoms with Crippen LogP contribution in [-0.4, -0.2) is 21.5 Å². The molecule has 0 radical (unpaired) electrons. The molecule has 0 saturated heterocycles. The third kappa shape index (κ3) is 1.73. The van der Waals surface area contributed by atoms with Gasteiger partial charge in [-0.15, -0.1) is 46.4 Å². The Bertz CT molecular complexity index is 129. The second kappa shape index (κ2) is 3.53. The molecule has 0 aromatic carbocycles. The van der Waals surface area contributed by atoms with Crippen LogP contribution < -0.4 is 0 Å². The summed E-state index contributed by atoms with van der Waals surface area (Å²) in [5.74, 6) is 0. The van der Waals surface area contributed by atoms with E-state index in [1.165, 1.54) is 0 Å². The smallest absolute Gasteiger partial charge is 0.0716 e. The maximum absolute atomic E-state index is 5.81. The van der Waals surface area contributed by atoms with E-state index in [9.17, 15) is 0 Å². The minimum absolute atomic E-state index is 0.195. The molecule has 0 amide bonds. The lowest BCUT2D eigenvalue weighted by molar-refractivity contribution is 0.759. The number of hydrogen-bond donors (Lipinski definition) is 0. The Hall–Kier alpha value is 0.900. The van der Waals surface area contributed by atoms with E-state index < -0.39 is 0 Å². The lowest BCUT2D eigenvalue weighted by atomic mass is 10.1. The Balaban J connectivity index is 2.69. The van der Waals surface area contributed by atoms with Gasteiger partial charge < -0.3 is 0 Å². The van der Waals surface area contributed by atoms with E-state index in [-0.39, 0.29) is 21.5 Å². The van der Waals surface area contributed by atoms with Gasteiger partial charge in [-0.3, -0.25) is 0 Å². The van der Waals surface area contributed by atoms with Gasteiger partial charge in [-0.05, 0) is 0 Å². The van der Waals surface area contributed by atoms with E-state index in [0.717, 1.165) is 0 Å². The minimum Gasteiger partial charge on any atom is -0.119 e. The lowest BCUT2D eigenvalue weighted by Gasteiger charge is -2.25. The summed E-state index contributed by atoms with van der Waals surface area (Å²) >= 11 is 23.2. The SMILES string of the molecule is Cl[C@H]1[C@H](Cl)[C@H](Cl)C=C[C@H]1Cl. The molecule has 1 aliphatic rings.